The number of hydrogen-bond donors (Lipinski definition) is 3. The Morgan fingerprint density at radius 2 is 2.10 bits per heavy atom. The maximum Gasteiger partial charge on any atom is 0.166 e. The number of nitrogens with one attached hydrogen (secondary N) is 2. The molecule has 3 nitrogen and oxygen atoms in total. The van der Waals surface area contributed by atoms with E-state index in [1.54, 1.807) is 0 Å². The fraction of sp³-hybridized carbons (Fsp3) is 0.353. The van der Waals surface area contributed by atoms with E-state index in [-0.39, 0.29) is 6.04 Å². The molecule has 4 rings (SSSR count). The van der Waals surface area contributed by atoms with Gasteiger partial charge >= 0.3 is 0 Å². The van der Waals surface area contributed by atoms with E-state index < -0.39 is 0 Å². The summed E-state index contributed by atoms with van der Waals surface area (Å²) >= 11 is 5.40. The normalized spacial score (nSPS) is 22.3. The van der Waals surface area contributed by atoms with Crippen LogP contribution in [0.15, 0.2) is 30.4 Å². The van der Waals surface area contributed by atoms with E-state index in [4.69, 9.17) is 18.0 Å². The van der Waals surface area contributed by atoms with E-state index in [0.717, 1.165) is 23.6 Å². The molecule has 1 unspecified atom stereocenters. The number of anilines is 1. The fourth-order valence-corrected chi connectivity index (χ4v) is 3.53. The molecule has 4 heteroatoms. The molecule has 0 radical (unpaired) electrons. The molecule has 3 aliphatic rings. The van der Waals surface area contributed by atoms with E-state index >= 15 is 0 Å². The van der Waals surface area contributed by atoms with Gasteiger partial charge in [0, 0.05) is 11.7 Å². The Labute approximate surface area is 130 Å². The van der Waals surface area contributed by atoms with Crippen LogP contribution < -0.4 is 16.4 Å². The van der Waals surface area contributed by atoms with Gasteiger partial charge in [0.1, 0.15) is 0 Å². The third kappa shape index (κ3) is 2.44. The third-order valence-electron chi connectivity index (χ3n) is 4.39. The summed E-state index contributed by atoms with van der Waals surface area (Å²) in [6.45, 7) is 0. The molecule has 0 heterocycles. The van der Waals surface area contributed by atoms with Crippen LogP contribution in [0, 0.1) is 0 Å². The standard InChI is InChI=1S/C17H19N3S/c18-15-7-4-10-2-1-3-11-8-13(9-14(15)16(10)11)20-17(21)19-12-5-6-12/h1,3-4,7-8,12-13H,2,5-6,9,18H2,(H2,19,20,21). The second-order valence-electron chi connectivity index (χ2n) is 6.10. The quantitative estimate of drug-likeness (QED) is 0.579. The lowest BCUT2D eigenvalue weighted by Gasteiger charge is -2.29. The van der Waals surface area contributed by atoms with Crippen LogP contribution in [0.5, 0.6) is 0 Å². The lowest BCUT2D eigenvalue weighted by atomic mass is 9.81. The van der Waals surface area contributed by atoms with Crippen molar-refractivity contribution in [3.05, 3.63) is 47.1 Å². The highest BCUT2D eigenvalue weighted by molar-refractivity contribution is 7.80. The average molecular weight is 297 g/mol. The van der Waals surface area contributed by atoms with Crippen LogP contribution in [-0.2, 0) is 12.8 Å². The first-order chi connectivity index (χ1) is 10.2. The van der Waals surface area contributed by atoms with E-state index in [2.05, 4.69) is 34.9 Å². The molecule has 0 bridgehead atoms. The zero-order valence-electron chi connectivity index (χ0n) is 11.9. The largest absolute Gasteiger partial charge is 0.398 e. The monoisotopic (exact) mass is 297 g/mol. The molecule has 1 aromatic rings. The number of thiocarbonyl (C=S) groups is 1. The summed E-state index contributed by atoms with van der Waals surface area (Å²) in [5.41, 5.74) is 12.4. The van der Waals surface area contributed by atoms with Crippen LogP contribution in [0.1, 0.15) is 29.5 Å². The molecule has 0 saturated heterocycles. The summed E-state index contributed by atoms with van der Waals surface area (Å²) in [6.07, 6.45) is 11.1. The van der Waals surface area contributed by atoms with Crippen LogP contribution >= 0.6 is 12.2 Å². The van der Waals surface area contributed by atoms with Crippen molar-refractivity contribution in [3.63, 3.8) is 0 Å². The molecule has 0 spiro atoms. The second kappa shape index (κ2) is 4.88. The molecule has 0 aromatic heterocycles. The highest BCUT2D eigenvalue weighted by atomic mass is 32.1. The maximum atomic E-state index is 6.21. The molecule has 108 valence electrons. The van der Waals surface area contributed by atoms with Crippen molar-refractivity contribution in [2.24, 2.45) is 0 Å². The topological polar surface area (TPSA) is 50.1 Å². The predicted octanol–water partition coefficient (Wildman–Crippen LogP) is 2.32. The predicted molar refractivity (Wildman–Crippen MR) is 91.1 cm³/mol. The van der Waals surface area contributed by atoms with Gasteiger partial charge < -0.3 is 16.4 Å². The summed E-state index contributed by atoms with van der Waals surface area (Å²) in [4.78, 5) is 0. The molecule has 3 aliphatic carbocycles. The number of rotatable bonds is 2. The first-order valence-electron chi connectivity index (χ1n) is 7.56. The van der Waals surface area contributed by atoms with E-state index in [0.29, 0.717) is 6.04 Å². The fourth-order valence-electron chi connectivity index (χ4n) is 3.21. The van der Waals surface area contributed by atoms with Crippen molar-refractivity contribution < 1.29 is 0 Å². The summed E-state index contributed by atoms with van der Waals surface area (Å²) in [5.74, 6) is 0. The molecule has 1 aromatic carbocycles. The van der Waals surface area contributed by atoms with E-state index in [9.17, 15) is 0 Å². The number of benzene rings is 1. The first-order valence-corrected chi connectivity index (χ1v) is 7.97. The van der Waals surface area contributed by atoms with Crippen molar-refractivity contribution in [2.45, 2.75) is 37.8 Å². The Kier molecular flexibility index (Phi) is 3.00. The van der Waals surface area contributed by atoms with Crippen LogP contribution in [0.4, 0.5) is 5.69 Å². The molecule has 21 heavy (non-hydrogen) atoms. The number of nitrogen functional groups attached to an aromatic ring is 1. The minimum Gasteiger partial charge on any atom is -0.398 e. The van der Waals surface area contributed by atoms with E-state index in [1.807, 2.05) is 6.07 Å². The summed E-state index contributed by atoms with van der Waals surface area (Å²) in [5, 5.41) is 7.52. The Balaban J connectivity index is 1.61. The third-order valence-corrected chi connectivity index (χ3v) is 4.63. The van der Waals surface area contributed by atoms with Crippen molar-refractivity contribution >= 4 is 28.6 Å². The zero-order valence-corrected chi connectivity index (χ0v) is 12.7. The lowest BCUT2D eigenvalue weighted by molar-refractivity contribution is 0.697. The van der Waals surface area contributed by atoms with Crippen LogP contribution in [0.2, 0.25) is 0 Å². The van der Waals surface area contributed by atoms with Crippen molar-refractivity contribution in [2.75, 3.05) is 5.73 Å². The molecular formula is C17H19N3S. The van der Waals surface area contributed by atoms with Gasteiger partial charge in [-0.2, -0.15) is 0 Å². The Hall–Kier alpha value is -1.81. The van der Waals surface area contributed by atoms with Gasteiger partial charge in [0.25, 0.3) is 0 Å². The minimum atomic E-state index is 0.214. The zero-order chi connectivity index (χ0) is 14.4. The number of hydrogen-bond acceptors (Lipinski definition) is 2. The summed E-state index contributed by atoms with van der Waals surface area (Å²) in [7, 11) is 0. The van der Waals surface area contributed by atoms with E-state index in [1.165, 1.54) is 35.1 Å². The second-order valence-corrected chi connectivity index (χ2v) is 6.51. The Bertz CT molecular complexity index is 671. The molecule has 1 atom stereocenters. The lowest BCUT2D eigenvalue weighted by Crippen LogP contribution is -2.44. The SMILES string of the molecule is Nc1ccc2c3c1CC(NC(=S)NC1CC1)C=C3C=CC2. The van der Waals surface area contributed by atoms with Crippen LogP contribution in [0.3, 0.4) is 0 Å². The van der Waals surface area contributed by atoms with Crippen LogP contribution in [0.25, 0.3) is 5.57 Å². The first kappa shape index (κ1) is 12.9. The van der Waals surface area contributed by atoms with Gasteiger partial charge in [-0.15, -0.1) is 0 Å². The maximum absolute atomic E-state index is 6.21. The number of nitrogens with two attached hydrogens (primary N) is 1. The van der Waals surface area contributed by atoms with Gasteiger partial charge in [-0.1, -0.05) is 24.3 Å². The summed E-state index contributed by atoms with van der Waals surface area (Å²) in [6, 6.07) is 4.98. The van der Waals surface area contributed by atoms with Gasteiger partial charge in [-0.3, -0.25) is 0 Å². The minimum absolute atomic E-state index is 0.214. The van der Waals surface area contributed by atoms with Gasteiger partial charge in [-0.05, 0) is 66.2 Å². The highest BCUT2D eigenvalue weighted by Crippen LogP contribution is 2.36. The highest BCUT2D eigenvalue weighted by Gasteiger charge is 2.26. The van der Waals surface area contributed by atoms with Gasteiger partial charge in [-0.25, -0.2) is 0 Å². The molecule has 0 amide bonds. The average Bonchev–Trinajstić information content (AvgIpc) is 3.26. The molecule has 1 fully saturated rings. The molecule has 4 N–H and O–H groups in total. The van der Waals surface area contributed by atoms with Crippen molar-refractivity contribution in [1.82, 2.24) is 10.6 Å². The Morgan fingerprint density at radius 1 is 1.24 bits per heavy atom. The molecular weight excluding hydrogens is 278 g/mol. The Morgan fingerprint density at radius 3 is 2.90 bits per heavy atom. The molecule has 0 aliphatic heterocycles. The number of allylic oxidation sites excluding steroid dienone is 3. The van der Waals surface area contributed by atoms with Crippen molar-refractivity contribution in [1.29, 1.82) is 0 Å². The van der Waals surface area contributed by atoms with Gasteiger partial charge in [0.05, 0.1) is 6.04 Å². The summed E-state index contributed by atoms with van der Waals surface area (Å²) < 4.78 is 0. The van der Waals surface area contributed by atoms with Gasteiger partial charge in [0.2, 0.25) is 0 Å². The smallest absolute Gasteiger partial charge is 0.166 e. The molecule has 1 saturated carbocycles. The van der Waals surface area contributed by atoms with Crippen molar-refractivity contribution in [3.8, 4) is 0 Å². The van der Waals surface area contributed by atoms with Gasteiger partial charge in [0.15, 0.2) is 5.11 Å². The van der Waals surface area contributed by atoms with Crippen LogP contribution in [-0.4, -0.2) is 17.2 Å².